The summed E-state index contributed by atoms with van der Waals surface area (Å²) >= 11 is 0. The van der Waals surface area contributed by atoms with E-state index in [0.717, 1.165) is 31.7 Å². The molecule has 2 heterocycles. The largest absolute Gasteiger partial charge is 0.377 e. The molecule has 112 valence electrons. The van der Waals surface area contributed by atoms with E-state index in [4.69, 9.17) is 4.74 Å². The van der Waals surface area contributed by atoms with Gasteiger partial charge in [0.15, 0.2) is 0 Å². The van der Waals surface area contributed by atoms with E-state index in [1.54, 1.807) is 0 Å². The van der Waals surface area contributed by atoms with Crippen LogP contribution in [0.15, 0.2) is 0 Å². The summed E-state index contributed by atoms with van der Waals surface area (Å²) in [5.41, 5.74) is 0. The van der Waals surface area contributed by atoms with Crippen molar-refractivity contribution in [2.24, 2.45) is 5.92 Å². The van der Waals surface area contributed by atoms with Gasteiger partial charge in [0.25, 0.3) is 0 Å². The first-order valence-corrected chi connectivity index (χ1v) is 7.81. The van der Waals surface area contributed by atoms with Crippen molar-refractivity contribution in [1.29, 1.82) is 0 Å². The number of likely N-dealkylation sites (N-methyl/N-ethyl adjacent to an activating group) is 1. The number of likely N-dealkylation sites (tertiary alicyclic amines) is 1. The van der Waals surface area contributed by atoms with E-state index in [1.807, 2.05) is 0 Å². The fraction of sp³-hybridized carbons (Fsp3) is 1.00. The number of nitrogens with one attached hydrogen (secondary N) is 1. The van der Waals surface area contributed by atoms with Crippen molar-refractivity contribution in [3.63, 3.8) is 0 Å². The van der Waals surface area contributed by atoms with Crippen molar-refractivity contribution in [2.45, 2.75) is 44.9 Å². The van der Waals surface area contributed by atoms with E-state index in [0.29, 0.717) is 12.1 Å². The lowest BCUT2D eigenvalue weighted by Gasteiger charge is -2.23. The molecule has 2 aliphatic rings. The average Bonchev–Trinajstić information content (AvgIpc) is 2.98. The molecule has 2 aliphatic heterocycles. The Hall–Kier alpha value is -0.160. The highest BCUT2D eigenvalue weighted by atomic mass is 16.5. The van der Waals surface area contributed by atoms with Gasteiger partial charge in [0.05, 0.1) is 6.10 Å². The summed E-state index contributed by atoms with van der Waals surface area (Å²) in [5.74, 6) is 0.783. The van der Waals surface area contributed by atoms with Crippen molar-refractivity contribution in [3.8, 4) is 0 Å². The molecule has 0 aliphatic carbocycles. The summed E-state index contributed by atoms with van der Waals surface area (Å²) in [6.07, 6.45) is 2.88. The third-order valence-corrected chi connectivity index (χ3v) is 4.73. The predicted molar refractivity (Wildman–Crippen MR) is 79.5 cm³/mol. The molecule has 0 spiro atoms. The summed E-state index contributed by atoms with van der Waals surface area (Å²) in [5, 5.41) is 3.63. The monoisotopic (exact) mass is 269 g/mol. The van der Waals surface area contributed by atoms with Crippen LogP contribution in [0, 0.1) is 5.92 Å². The second-order valence-electron chi connectivity index (χ2n) is 6.56. The van der Waals surface area contributed by atoms with Crippen molar-refractivity contribution >= 4 is 0 Å². The number of ether oxygens (including phenoxy) is 1. The highest BCUT2D eigenvalue weighted by Crippen LogP contribution is 2.19. The molecule has 0 saturated carbocycles. The van der Waals surface area contributed by atoms with Gasteiger partial charge >= 0.3 is 0 Å². The molecule has 0 amide bonds. The first kappa shape index (κ1) is 15.2. The van der Waals surface area contributed by atoms with Gasteiger partial charge < -0.3 is 19.9 Å². The van der Waals surface area contributed by atoms with Gasteiger partial charge in [0.2, 0.25) is 0 Å². The zero-order chi connectivity index (χ0) is 13.8. The summed E-state index contributed by atoms with van der Waals surface area (Å²) in [6.45, 7) is 10.3. The van der Waals surface area contributed by atoms with Gasteiger partial charge in [0.1, 0.15) is 0 Å². The fourth-order valence-electron chi connectivity index (χ4n) is 3.48. The molecule has 0 bridgehead atoms. The molecule has 4 heteroatoms. The first-order chi connectivity index (χ1) is 9.08. The molecule has 4 nitrogen and oxygen atoms in total. The van der Waals surface area contributed by atoms with E-state index >= 15 is 0 Å². The Labute approximate surface area is 118 Å². The minimum atomic E-state index is 0.437. The van der Waals surface area contributed by atoms with Crippen molar-refractivity contribution in [1.82, 2.24) is 15.1 Å². The molecule has 4 unspecified atom stereocenters. The predicted octanol–water partition coefficient (Wildman–Crippen LogP) is 1.03. The molecule has 2 fully saturated rings. The topological polar surface area (TPSA) is 27.7 Å². The third kappa shape index (κ3) is 4.15. The number of hydrogen-bond donors (Lipinski definition) is 1. The van der Waals surface area contributed by atoms with Gasteiger partial charge in [-0.05, 0) is 39.8 Å². The maximum atomic E-state index is 5.72. The highest BCUT2D eigenvalue weighted by Gasteiger charge is 2.30. The molecule has 0 aromatic carbocycles. The average molecular weight is 269 g/mol. The maximum Gasteiger partial charge on any atom is 0.0726 e. The van der Waals surface area contributed by atoms with Crippen molar-refractivity contribution < 1.29 is 4.74 Å². The molecule has 0 radical (unpaired) electrons. The van der Waals surface area contributed by atoms with Crippen LogP contribution in [0.2, 0.25) is 0 Å². The second kappa shape index (κ2) is 7.02. The number of nitrogens with zero attached hydrogens (tertiary/aromatic N) is 2. The minimum absolute atomic E-state index is 0.437. The van der Waals surface area contributed by atoms with E-state index < -0.39 is 0 Å². The molecular formula is C15H31N3O. The van der Waals surface area contributed by atoms with E-state index in [-0.39, 0.29) is 0 Å². The van der Waals surface area contributed by atoms with E-state index in [1.165, 1.54) is 25.9 Å². The summed E-state index contributed by atoms with van der Waals surface area (Å²) in [4.78, 5) is 4.96. The Balaban J connectivity index is 1.63. The molecule has 1 N–H and O–H groups in total. The normalized spacial score (nSPS) is 34.3. The Kier molecular flexibility index (Phi) is 5.63. The van der Waals surface area contributed by atoms with Gasteiger partial charge in [-0.2, -0.15) is 0 Å². The van der Waals surface area contributed by atoms with Crippen LogP contribution in [0.25, 0.3) is 0 Å². The molecule has 2 rings (SSSR count). The number of rotatable bonds is 6. The van der Waals surface area contributed by atoms with Gasteiger partial charge in [-0.1, -0.05) is 6.92 Å². The standard InChI is InChI=1S/C15H31N3O/c1-12-10-18(11-14(12)17(3)4)8-7-16-13(2)15-6-5-9-19-15/h12-16H,5-11H2,1-4H3. The minimum Gasteiger partial charge on any atom is -0.377 e. The molecule has 0 aromatic rings. The Bertz CT molecular complexity index is 266. The molecule has 0 aromatic heterocycles. The lowest BCUT2D eigenvalue weighted by molar-refractivity contribution is 0.0828. The first-order valence-electron chi connectivity index (χ1n) is 7.81. The smallest absolute Gasteiger partial charge is 0.0726 e. The van der Waals surface area contributed by atoms with Gasteiger partial charge in [0, 0.05) is 44.9 Å². The lowest BCUT2D eigenvalue weighted by atomic mass is 10.1. The summed E-state index contributed by atoms with van der Waals surface area (Å²) < 4.78 is 5.72. The summed E-state index contributed by atoms with van der Waals surface area (Å²) in [6, 6.07) is 1.21. The van der Waals surface area contributed by atoms with E-state index in [2.05, 4.69) is 43.1 Å². The fourth-order valence-corrected chi connectivity index (χ4v) is 3.48. The lowest BCUT2D eigenvalue weighted by Crippen LogP contribution is -2.41. The summed E-state index contributed by atoms with van der Waals surface area (Å²) in [7, 11) is 4.39. The molecule has 19 heavy (non-hydrogen) atoms. The maximum absolute atomic E-state index is 5.72. The third-order valence-electron chi connectivity index (χ3n) is 4.73. The van der Waals surface area contributed by atoms with Crippen LogP contribution in [0.3, 0.4) is 0 Å². The van der Waals surface area contributed by atoms with Crippen LogP contribution < -0.4 is 5.32 Å². The molecule has 4 atom stereocenters. The van der Waals surface area contributed by atoms with Crippen LogP contribution in [0.1, 0.15) is 26.7 Å². The Morgan fingerprint density at radius 2 is 2.16 bits per heavy atom. The van der Waals surface area contributed by atoms with Gasteiger partial charge in [-0.15, -0.1) is 0 Å². The van der Waals surface area contributed by atoms with Crippen LogP contribution in [-0.2, 0) is 4.74 Å². The Morgan fingerprint density at radius 1 is 1.37 bits per heavy atom. The molecule has 2 saturated heterocycles. The van der Waals surface area contributed by atoms with E-state index in [9.17, 15) is 0 Å². The van der Waals surface area contributed by atoms with Crippen molar-refractivity contribution in [3.05, 3.63) is 0 Å². The Morgan fingerprint density at radius 3 is 2.74 bits per heavy atom. The van der Waals surface area contributed by atoms with Crippen LogP contribution in [0.5, 0.6) is 0 Å². The van der Waals surface area contributed by atoms with Gasteiger partial charge in [-0.3, -0.25) is 0 Å². The van der Waals surface area contributed by atoms with Crippen LogP contribution >= 0.6 is 0 Å². The van der Waals surface area contributed by atoms with Crippen LogP contribution in [-0.4, -0.2) is 74.9 Å². The second-order valence-corrected chi connectivity index (χ2v) is 6.56. The quantitative estimate of drug-likeness (QED) is 0.779. The zero-order valence-corrected chi connectivity index (χ0v) is 13.1. The van der Waals surface area contributed by atoms with Crippen LogP contribution in [0.4, 0.5) is 0 Å². The number of hydrogen-bond acceptors (Lipinski definition) is 4. The highest BCUT2D eigenvalue weighted by molar-refractivity contribution is 4.87. The molecular weight excluding hydrogens is 238 g/mol. The SMILES string of the molecule is CC1CN(CCNC(C)C2CCCO2)CC1N(C)C. The van der Waals surface area contributed by atoms with Crippen molar-refractivity contribution in [2.75, 3.05) is 46.9 Å². The zero-order valence-electron chi connectivity index (χ0n) is 13.1. The van der Waals surface area contributed by atoms with Gasteiger partial charge in [-0.25, -0.2) is 0 Å².